The van der Waals surface area contributed by atoms with Crippen molar-refractivity contribution >= 4 is 23.5 Å². The molecule has 0 aromatic heterocycles. The zero-order chi connectivity index (χ0) is 17.9. The van der Waals surface area contributed by atoms with Gasteiger partial charge in [0.05, 0.1) is 19.9 Å². The van der Waals surface area contributed by atoms with Gasteiger partial charge in [-0.25, -0.2) is 9.79 Å². The Morgan fingerprint density at radius 1 is 1.04 bits per heavy atom. The van der Waals surface area contributed by atoms with Crippen molar-refractivity contribution < 1.29 is 24.5 Å². The average Bonchev–Trinajstić information content (AvgIpc) is 2.54. The van der Waals surface area contributed by atoms with Gasteiger partial charge in [-0.2, -0.15) is 0 Å². The van der Waals surface area contributed by atoms with E-state index in [0.717, 1.165) is 22.9 Å². The van der Waals surface area contributed by atoms with Gasteiger partial charge < -0.3 is 30.7 Å². The third-order valence-corrected chi connectivity index (χ3v) is 2.65. The Morgan fingerprint density at radius 2 is 1.58 bits per heavy atom. The van der Waals surface area contributed by atoms with Crippen LogP contribution >= 0.6 is 0 Å². The first-order valence-corrected chi connectivity index (χ1v) is 6.75. The Labute approximate surface area is 139 Å². The molecule has 0 amide bonds. The van der Waals surface area contributed by atoms with Gasteiger partial charge in [-0.1, -0.05) is 12.1 Å². The number of carbonyl (C=O) groups is 1. The number of hydrogen-bond acceptors (Lipinski definition) is 4. The predicted molar refractivity (Wildman–Crippen MR) is 91.5 cm³/mol. The number of benzene rings is 2. The zero-order valence-corrected chi connectivity index (χ0v) is 13.3. The molecule has 2 aromatic rings. The quantitative estimate of drug-likeness (QED) is 0.500. The highest BCUT2D eigenvalue weighted by Gasteiger charge is 1.99. The van der Waals surface area contributed by atoms with Crippen molar-refractivity contribution in [2.45, 2.75) is 0 Å². The number of nitrogens with zero attached hydrogens (tertiary/aromatic N) is 1. The maximum atomic E-state index is 8.56. The van der Waals surface area contributed by atoms with Crippen LogP contribution in [0.3, 0.4) is 0 Å². The van der Waals surface area contributed by atoms with Crippen LogP contribution < -0.4 is 20.5 Å². The molecule has 2 aromatic carbocycles. The lowest BCUT2D eigenvalue weighted by atomic mass is 10.3. The molecule has 0 fully saturated rings. The van der Waals surface area contributed by atoms with Crippen molar-refractivity contribution in [3.05, 3.63) is 48.5 Å². The molecular formula is C16H19N3O5. The first-order chi connectivity index (χ1) is 11.4. The maximum absolute atomic E-state index is 8.56. The molecule has 8 nitrogen and oxygen atoms in total. The molecule has 0 spiro atoms. The van der Waals surface area contributed by atoms with Crippen molar-refractivity contribution in [1.29, 1.82) is 0 Å². The molecule has 5 N–H and O–H groups in total. The van der Waals surface area contributed by atoms with Crippen LogP contribution in [0.15, 0.2) is 53.5 Å². The summed E-state index contributed by atoms with van der Waals surface area (Å²) in [5.74, 6) is 1.79. The summed E-state index contributed by atoms with van der Waals surface area (Å²) in [7, 11) is 3.23. The van der Waals surface area contributed by atoms with Gasteiger partial charge in [-0.15, -0.1) is 0 Å². The summed E-state index contributed by atoms with van der Waals surface area (Å²) < 4.78 is 10.3. The predicted octanol–water partition coefficient (Wildman–Crippen LogP) is 2.98. The second-order valence-electron chi connectivity index (χ2n) is 4.34. The summed E-state index contributed by atoms with van der Waals surface area (Å²) in [5.41, 5.74) is 7.41. The summed E-state index contributed by atoms with van der Waals surface area (Å²) in [4.78, 5) is 12.8. The number of nitrogens with one attached hydrogen (secondary N) is 1. The van der Waals surface area contributed by atoms with Crippen molar-refractivity contribution in [1.82, 2.24) is 0 Å². The first-order valence-electron chi connectivity index (χ1n) is 6.75. The number of carboxylic acid groups (broad SMARTS) is 2. The molecule has 0 aliphatic carbocycles. The Bertz CT molecular complexity index is 700. The van der Waals surface area contributed by atoms with E-state index in [9.17, 15) is 0 Å². The largest absolute Gasteiger partial charge is 0.503 e. The fraction of sp³-hybridized carbons (Fsp3) is 0.125. The summed E-state index contributed by atoms with van der Waals surface area (Å²) in [6, 6.07) is 14.8. The third kappa shape index (κ3) is 7.03. The number of hydrogen-bond donors (Lipinski definition) is 4. The molecule has 0 aliphatic rings. The van der Waals surface area contributed by atoms with Gasteiger partial charge in [0.15, 0.2) is 5.96 Å². The van der Waals surface area contributed by atoms with E-state index in [2.05, 4.69) is 10.3 Å². The molecule has 0 aliphatic heterocycles. The highest BCUT2D eigenvalue weighted by Crippen LogP contribution is 2.20. The second-order valence-corrected chi connectivity index (χ2v) is 4.34. The van der Waals surface area contributed by atoms with Crippen LogP contribution in [0, 0.1) is 0 Å². The van der Waals surface area contributed by atoms with Gasteiger partial charge >= 0.3 is 6.16 Å². The van der Waals surface area contributed by atoms with Crippen LogP contribution in [-0.2, 0) is 0 Å². The van der Waals surface area contributed by atoms with E-state index in [-0.39, 0.29) is 0 Å². The Morgan fingerprint density at radius 3 is 2.17 bits per heavy atom. The molecule has 128 valence electrons. The number of methoxy groups -OCH3 is 2. The normalized spacial score (nSPS) is 10.2. The molecule has 0 saturated carbocycles. The lowest BCUT2D eigenvalue weighted by Crippen LogP contribution is -2.21. The summed E-state index contributed by atoms with van der Waals surface area (Å²) in [6.07, 6.45) is -1.83. The molecule has 2 rings (SSSR count). The molecule has 0 bridgehead atoms. The standard InChI is InChI=1S/C15H17N3O2.CH2O3/c1-19-13-7-3-5-11(9-13)17-15(16)18-12-6-4-8-14(10-12)20-2;2-1(3)4/h3-10H,1-2H3,(H3,16,17,18);(H2,2,3,4). The van der Waals surface area contributed by atoms with E-state index in [1.165, 1.54) is 0 Å². The number of guanidine groups is 1. The Kier molecular flexibility index (Phi) is 7.43. The summed E-state index contributed by atoms with van der Waals surface area (Å²) in [5, 5.41) is 17.0. The van der Waals surface area contributed by atoms with Crippen LogP contribution in [0.4, 0.5) is 16.2 Å². The summed E-state index contributed by atoms with van der Waals surface area (Å²) >= 11 is 0. The molecule has 8 heteroatoms. The van der Waals surface area contributed by atoms with Crippen LogP contribution in [-0.4, -0.2) is 36.5 Å². The molecule has 0 atom stereocenters. The molecule has 0 heterocycles. The van der Waals surface area contributed by atoms with E-state index in [1.807, 2.05) is 42.5 Å². The van der Waals surface area contributed by atoms with Crippen LogP contribution in [0.1, 0.15) is 0 Å². The molecule has 24 heavy (non-hydrogen) atoms. The highest BCUT2D eigenvalue weighted by atomic mass is 16.6. The van der Waals surface area contributed by atoms with Crippen LogP contribution in [0.25, 0.3) is 0 Å². The smallest absolute Gasteiger partial charge is 0.497 e. The number of aliphatic imine (C=N–C) groups is 1. The maximum Gasteiger partial charge on any atom is 0.503 e. The minimum absolute atomic E-state index is 0.298. The Balaban J connectivity index is 0.000000648. The van der Waals surface area contributed by atoms with Crippen molar-refractivity contribution in [3.63, 3.8) is 0 Å². The van der Waals surface area contributed by atoms with E-state index in [0.29, 0.717) is 5.96 Å². The van der Waals surface area contributed by atoms with Gasteiger partial charge in [0.2, 0.25) is 0 Å². The van der Waals surface area contributed by atoms with E-state index >= 15 is 0 Å². The van der Waals surface area contributed by atoms with Crippen molar-refractivity contribution in [2.24, 2.45) is 10.7 Å². The number of rotatable bonds is 4. The number of ether oxygens (including phenoxy) is 2. The topological polar surface area (TPSA) is 126 Å². The van der Waals surface area contributed by atoms with Gasteiger partial charge in [-0.05, 0) is 24.3 Å². The monoisotopic (exact) mass is 333 g/mol. The highest BCUT2D eigenvalue weighted by molar-refractivity contribution is 5.94. The average molecular weight is 333 g/mol. The second kappa shape index (κ2) is 9.57. The molecule has 0 radical (unpaired) electrons. The lowest BCUT2D eigenvalue weighted by Gasteiger charge is -2.07. The molecule has 0 saturated heterocycles. The fourth-order valence-corrected chi connectivity index (χ4v) is 1.70. The van der Waals surface area contributed by atoms with E-state index in [1.54, 1.807) is 20.3 Å². The minimum Gasteiger partial charge on any atom is -0.497 e. The van der Waals surface area contributed by atoms with Gasteiger partial charge in [0, 0.05) is 17.8 Å². The van der Waals surface area contributed by atoms with Crippen LogP contribution in [0.2, 0.25) is 0 Å². The first kappa shape index (κ1) is 18.6. The van der Waals surface area contributed by atoms with Gasteiger partial charge in [0.25, 0.3) is 0 Å². The van der Waals surface area contributed by atoms with Crippen molar-refractivity contribution in [3.8, 4) is 11.5 Å². The number of anilines is 1. The van der Waals surface area contributed by atoms with Gasteiger partial charge in [0.1, 0.15) is 11.5 Å². The van der Waals surface area contributed by atoms with E-state index < -0.39 is 6.16 Å². The van der Waals surface area contributed by atoms with Crippen LogP contribution in [0.5, 0.6) is 11.5 Å². The zero-order valence-electron chi connectivity index (χ0n) is 13.3. The third-order valence-electron chi connectivity index (χ3n) is 2.65. The van der Waals surface area contributed by atoms with Crippen molar-refractivity contribution in [2.75, 3.05) is 19.5 Å². The fourth-order valence-electron chi connectivity index (χ4n) is 1.70. The SMILES string of the molecule is COc1cccc(N=C(N)Nc2cccc(OC)c2)c1.O=C(O)O. The lowest BCUT2D eigenvalue weighted by molar-refractivity contribution is 0.137. The van der Waals surface area contributed by atoms with Gasteiger partial charge in [-0.3, -0.25) is 0 Å². The van der Waals surface area contributed by atoms with E-state index in [4.69, 9.17) is 30.2 Å². The minimum atomic E-state index is -1.83. The number of nitrogens with two attached hydrogens (primary N) is 1. The molecule has 0 unspecified atom stereocenters. The summed E-state index contributed by atoms with van der Waals surface area (Å²) in [6.45, 7) is 0. The molecular weight excluding hydrogens is 314 g/mol. The Hall–Kier alpha value is -3.42.